The van der Waals surface area contributed by atoms with Crippen LogP contribution in [-0.2, 0) is 4.79 Å². The zero-order valence-corrected chi connectivity index (χ0v) is 16.4. The molecule has 1 aliphatic heterocycles. The Kier molecular flexibility index (Phi) is 5.12. The SMILES string of the molecule is CCN1C=C(Sc2ccc(Cl)cn2)C(c2ccc(C3CC3C(=O)O)cc2)N1. The summed E-state index contributed by atoms with van der Waals surface area (Å²) in [6.45, 7) is 2.95. The molecule has 1 aromatic heterocycles. The zero-order chi connectivity index (χ0) is 19.0. The summed E-state index contributed by atoms with van der Waals surface area (Å²) < 4.78 is 0. The minimum absolute atomic E-state index is 0.0518. The zero-order valence-electron chi connectivity index (χ0n) is 14.8. The lowest BCUT2D eigenvalue weighted by Crippen LogP contribution is -2.30. The van der Waals surface area contributed by atoms with Crippen molar-refractivity contribution in [2.45, 2.75) is 30.3 Å². The predicted molar refractivity (Wildman–Crippen MR) is 106 cm³/mol. The first-order chi connectivity index (χ1) is 13.0. The summed E-state index contributed by atoms with van der Waals surface area (Å²) in [5.74, 6) is -0.766. The first-order valence-corrected chi connectivity index (χ1v) is 10.1. The highest BCUT2D eigenvalue weighted by Crippen LogP contribution is 2.48. The van der Waals surface area contributed by atoms with Gasteiger partial charge in [-0.05, 0) is 42.5 Å². The number of nitrogens with zero attached hydrogens (tertiary/aromatic N) is 2. The molecule has 27 heavy (non-hydrogen) atoms. The van der Waals surface area contributed by atoms with Crippen molar-refractivity contribution in [3.8, 4) is 0 Å². The van der Waals surface area contributed by atoms with Gasteiger partial charge in [0.25, 0.3) is 0 Å². The molecule has 2 aromatic rings. The van der Waals surface area contributed by atoms with Crippen LogP contribution in [0, 0.1) is 5.92 Å². The first kappa shape index (κ1) is 18.3. The van der Waals surface area contributed by atoms with Gasteiger partial charge in [0.05, 0.1) is 17.0 Å². The average molecular weight is 402 g/mol. The molecule has 2 heterocycles. The molecular formula is C20H20ClN3O2S. The van der Waals surface area contributed by atoms with Crippen molar-refractivity contribution in [3.05, 3.63) is 69.8 Å². The van der Waals surface area contributed by atoms with Crippen molar-refractivity contribution < 1.29 is 9.90 Å². The van der Waals surface area contributed by atoms with Crippen LogP contribution in [0.15, 0.2) is 58.7 Å². The van der Waals surface area contributed by atoms with Gasteiger partial charge < -0.3 is 10.1 Å². The number of nitrogens with one attached hydrogen (secondary N) is 1. The fourth-order valence-electron chi connectivity index (χ4n) is 3.32. The number of thioether (sulfide) groups is 1. The van der Waals surface area contributed by atoms with E-state index in [2.05, 4.69) is 52.8 Å². The van der Waals surface area contributed by atoms with Gasteiger partial charge in [-0.15, -0.1) is 0 Å². The predicted octanol–water partition coefficient (Wildman–Crippen LogP) is 4.44. The number of carbonyl (C=O) groups is 1. The fraction of sp³-hybridized carbons (Fsp3) is 0.300. The monoisotopic (exact) mass is 401 g/mol. The third kappa shape index (κ3) is 3.98. The van der Waals surface area contributed by atoms with Crippen LogP contribution in [0.5, 0.6) is 0 Å². The number of aromatic nitrogens is 1. The van der Waals surface area contributed by atoms with Crippen molar-refractivity contribution in [2.24, 2.45) is 5.92 Å². The van der Waals surface area contributed by atoms with E-state index in [0.29, 0.717) is 5.02 Å². The molecule has 2 aliphatic rings. The van der Waals surface area contributed by atoms with Gasteiger partial charge in [0.1, 0.15) is 5.03 Å². The van der Waals surface area contributed by atoms with E-state index in [1.165, 1.54) is 0 Å². The molecule has 4 rings (SSSR count). The molecule has 0 bridgehead atoms. The van der Waals surface area contributed by atoms with Crippen LogP contribution in [0.1, 0.15) is 36.4 Å². The third-order valence-electron chi connectivity index (χ3n) is 4.93. The summed E-state index contributed by atoms with van der Waals surface area (Å²) in [6, 6.07) is 12.1. The van der Waals surface area contributed by atoms with E-state index in [1.807, 2.05) is 12.1 Å². The van der Waals surface area contributed by atoms with E-state index in [-0.39, 0.29) is 17.9 Å². The smallest absolute Gasteiger partial charge is 0.307 e. The fourth-order valence-corrected chi connectivity index (χ4v) is 4.40. The van der Waals surface area contributed by atoms with Crippen LogP contribution in [0.2, 0.25) is 5.02 Å². The summed E-state index contributed by atoms with van der Waals surface area (Å²) in [7, 11) is 0. The van der Waals surface area contributed by atoms with Crippen LogP contribution in [-0.4, -0.2) is 27.6 Å². The van der Waals surface area contributed by atoms with Crippen LogP contribution in [0.3, 0.4) is 0 Å². The lowest BCUT2D eigenvalue weighted by Gasteiger charge is -2.19. The number of halogens is 1. The molecular weight excluding hydrogens is 382 g/mol. The number of benzene rings is 1. The van der Waals surface area contributed by atoms with Crippen molar-refractivity contribution in [1.82, 2.24) is 15.4 Å². The third-order valence-corrected chi connectivity index (χ3v) is 6.18. The maximum absolute atomic E-state index is 11.1. The van der Waals surface area contributed by atoms with Gasteiger partial charge in [-0.25, -0.2) is 10.4 Å². The van der Waals surface area contributed by atoms with Gasteiger partial charge in [0, 0.05) is 23.8 Å². The van der Waals surface area contributed by atoms with E-state index < -0.39 is 5.97 Å². The van der Waals surface area contributed by atoms with E-state index in [4.69, 9.17) is 16.7 Å². The molecule has 1 saturated carbocycles. The maximum atomic E-state index is 11.1. The Morgan fingerprint density at radius 2 is 2.04 bits per heavy atom. The van der Waals surface area contributed by atoms with E-state index >= 15 is 0 Å². The number of hydrazine groups is 1. The molecule has 7 heteroatoms. The van der Waals surface area contributed by atoms with Crippen molar-refractivity contribution in [2.75, 3.05) is 6.54 Å². The van der Waals surface area contributed by atoms with E-state index in [9.17, 15) is 4.79 Å². The highest BCUT2D eigenvalue weighted by Gasteiger charge is 2.44. The Bertz CT molecular complexity index is 870. The number of aliphatic carboxylic acids is 1. The number of hydrogen-bond acceptors (Lipinski definition) is 5. The number of rotatable bonds is 6. The molecule has 0 amide bonds. The molecule has 0 saturated heterocycles. The molecule has 3 atom stereocenters. The number of hydrogen-bond donors (Lipinski definition) is 2. The molecule has 1 fully saturated rings. The second kappa shape index (κ2) is 7.54. The molecule has 140 valence electrons. The quantitative estimate of drug-likeness (QED) is 0.746. The summed E-state index contributed by atoms with van der Waals surface area (Å²) in [4.78, 5) is 16.6. The second-order valence-corrected chi connectivity index (χ2v) is 8.28. The highest BCUT2D eigenvalue weighted by atomic mass is 35.5. The van der Waals surface area contributed by atoms with Gasteiger partial charge in [-0.1, -0.05) is 47.6 Å². The van der Waals surface area contributed by atoms with Crippen molar-refractivity contribution >= 4 is 29.3 Å². The Balaban J connectivity index is 1.51. The van der Waals surface area contributed by atoms with Crippen LogP contribution < -0.4 is 5.43 Å². The Morgan fingerprint density at radius 3 is 2.63 bits per heavy atom. The summed E-state index contributed by atoms with van der Waals surface area (Å²) in [5.41, 5.74) is 5.76. The minimum Gasteiger partial charge on any atom is -0.481 e. The van der Waals surface area contributed by atoms with Gasteiger partial charge in [-0.2, -0.15) is 0 Å². The topological polar surface area (TPSA) is 65.5 Å². The van der Waals surface area contributed by atoms with Gasteiger partial charge >= 0.3 is 5.97 Å². The molecule has 1 aliphatic carbocycles. The van der Waals surface area contributed by atoms with Gasteiger partial charge in [0.2, 0.25) is 0 Å². The normalized spacial score (nSPS) is 24.0. The summed E-state index contributed by atoms with van der Waals surface area (Å²) >= 11 is 7.55. The van der Waals surface area contributed by atoms with Crippen molar-refractivity contribution in [1.29, 1.82) is 0 Å². The van der Waals surface area contributed by atoms with Crippen molar-refractivity contribution in [3.63, 3.8) is 0 Å². The highest BCUT2D eigenvalue weighted by molar-refractivity contribution is 8.03. The molecule has 2 N–H and O–H groups in total. The molecule has 0 radical (unpaired) electrons. The van der Waals surface area contributed by atoms with Crippen LogP contribution in [0.25, 0.3) is 0 Å². The van der Waals surface area contributed by atoms with E-state index in [1.54, 1.807) is 18.0 Å². The summed E-state index contributed by atoms with van der Waals surface area (Å²) in [6.07, 6.45) is 4.51. The standard InChI is InChI=1S/C20H20ClN3O2S/c1-2-24-11-17(27-18-8-7-14(21)10-22-18)19(23-24)13-5-3-12(4-6-13)15-9-16(15)20(25)26/h3-8,10-11,15-16,19,23H,2,9H2,1H3,(H,25,26). The molecule has 0 spiro atoms. The molecule has 3 unspecified atom stereocenters. The molecule has 5 nitrogen and oxygen atoms in total. The van der Waals surface area contributed by atoms with E-state index in [0.717, 1.165) is 34.0 Å². The van der Waals surface area contributed by atoms with Crippen LogP contribution in [0.4, 0.5) is 0 Å². The number of pyridine rings is 1. The number of carboxylic acids is 1. The lowest BCUT2D eigenvalue weighted by atomic mass is 10.0. The Morgan fingerprint density at radius 1 is 1.30 bits per heavy atom. The average Bonchev–Trinajstić information content (AvgIpc) is 3.38. The van der Waals surface area contributed by atoms with Gasteiger partial charge in [-0.3, -0.25) is 4.79 Å². The molecule has 1 aromatic carbocycles. The summed E-state index contributed by atoms with van der Waals surface area (Å²) in [5, 5.41) is 12.7. The minimum atomic E-state index is -0.697. The first-order valence-electron chi connectivity index (χ1n) is 8.91. The van der Waals surface area contributed by atoms with Gasteiger partial charge in [0.15, 0.2) is 0 Å². The second-order valence-electron chi connectivity index (χ2n) is 6.75. The largest absolute Gasteiger partial charge is 0.481 e. The maximum Gasteiger partial charge on any atom is 0.307 e. The van der Waals surface area contributed by atoms with Crippen LogP contribution >= 0.6 is 23.4 Å². The Hall–Kier alpha value is -2.02. The lowest BCUT2D eigenvalue weighted by molar-refractivity contribution is -0.138. The number of carboxylic acid groups (broad SMARTS) is 1. The Labute approximate surface area is 167 Å².